The summed E-state index contributed by atoms with van der Waals surface area (Å²) in [5.41, 5.74) is 2.31. The molecule has 1 N–H and O–H groups in total. The summed E-state index contributed by atoms with van der Waals surface area (Å²) in [6, 6.07) is 22.6. The highest BCUT2D eigenvalue weighted by molar-refractivity contribution is 9.10. The highest BCUT2D eigenvalue weighted by atomic mass is 79.9. The number of halogens is 1. The first-order valence-electron chi connectivity index (χ1n) is 8.66. The highest BCUT2D eigenvalue weighted by Gasteiger charge is 2.10. The van der Waals surface area contributed by atoms with Gasteiger partial charge in [0.2, 0.25) is 0 Å². The number of ether oxygens (including phenoxy) is 2. The van der Waals surface area contributed by atoms with Crippen molar-refractivity contribution in [3.63, 3.8) is 0 Å². The molecule has 0 saturated heterocycles. The predicted octanol–water partition coefficient (Wildman–Crippen LogP) is 5.68. The molecule has 0 unspecified atom stereocenters. The van der Waals surface area contributed by atoms with E-state index in [0.717, 1.165) is 10.0 Å². The summed E-state index contributed by atoms with van der Waals surface area (Å²) in [6.07, 6.45) is 0. The standard InChI is InChI=1S/C22H20BrNO3/c1-2-26-21-12-11-17(13-20(21)23)22(25)24-18-9-6-10-19(14-18)27-15-16-7-4-3-5-8-16/h3-14H,2,15H2,1H3,(H,24,25). The van der Waals surface area contributed by atoms with Crippen molar-refractivity contribution in [1.82, 2.24) is 0 Å². The molecule has 3 aromatic carbocycles. The molecule has 0 saturated carbocycles. The molecule has 1 amide bonds. The van der Waals surface area contributed by atoms with Crippen LogP contribution in [0.25, 0.3) is 0 Å². The first kappa shape index (κ1) is 19.0. The zero-order chi connectivity index (χ0) is 19.1. The van der Waals surface area contributed by atoms with Gasteiger partial charge in [0.05, 0.1) is 11.1 Å². The molecule has 0 heterocycles. The summed E-state index contributed by atoms with van der Waals surface area (Å²) in [7, 11) is 0. The van der Waals surface area contributed by atoms with Gasteiger partial charge in [-0.2, -0.15) is 0 Å². The average molecular weight is 426 g/mol. The molecular weight excluding hydrogens is 406 g/mol. The Morgan fingerprint density at radius 1 is 0.963 bits per heavy atom. The zero-order valence-corrected chi connectivity index (χ0v) is 16.5. The Kier molecular flexibility index (Phi) is 6.49. The number of amides is 1. The number of hydrogen-bond acceptors (Lipinski definition) is 3. The number of anilines is 1. The fourth-order valence-electron chi connectivity index (χ4n) is 2.52. The van der Waals surface area contributed by atoms with Crippen LogP contribution < -0.4 is 14.8 Å². The van der Waals surface area contributed by atoms with E-state index in [1.807, 2.05) is 61.5 Å². The second-order valence-corrected chi connectivity index (χ2v) is 6.69. The van der Waals surface area contributed by atoms with Gasteiger partial charge in [-0.15, -0.1) is 0 Å². The van der Waals surface area contributed by atoms with Crippen molar-refractivity contribution in [3.8, 4) is 11.5 Å². The molecule has 0 bridgehead atoms. The molecular formula is C22H20BrNO3. The van der Waals surface area contributed by atoms with Gasteiger partial charge >= 0.3 is 0 Å². The van der Waals surface area contributed by atoms with Crippen molar-refractivity contribution in [2.45, 2.75) is 13.5 Å². The lowest BCUT2D eigenvalue weighted by Crippen LogP contribution is -2.12. The molecule has 3 rings (SSSR count). The molecule has 0 radical (unpaired) electrons. The third-order valence-electron chi connectivity index (χ3n) is 3.83. The van der Waals surface area contributed by atoms with Crippen LogP contribution in [0.2, 0.25) is 0 Å². The SMILES string of the molecule is CCOc1ccc(C(=O)Nc2cccc(OCc3ccccc3)c2)cc1Br. The van der Waals surface area contributed by atoms with Crippen LogP contribution in [0.15, 0.2) is 77.3 Å². The lowest BCUT2D eigenvalue weighted by atomic mass is 10.2. The van der Waals surface area contributed by atoms with Crippen LogP contribution in [-0.4, -0.2) is 12.5 Å². The van der Waals surface area contributed by atoms with Crippen LogP contribution in [0, 0.1) is 0 Å². The maximum absolute atomic E-state index is 12.5. The van der Waals surface area contributed by atoms with E-state index >= 15 is 0 Å². The molecule has 0 atom stereocenters. The quantitative estimate of drug-likeness (QED) is 0.529. The van der Waals surface area contributed by atoms with Crippen LogP contribution in [0.4, 0.5) is 5.69 Å². The second kappa shape index (κ2) is 9.24. The summed E-state index contributed by atoms with van der Waals surface area (Å²) >= 11 is 3.43. The summed E-state index contributed by atoms with van der Waals surface area (Å²) in [5.74, 6) is 1.22. The van der Waals surface area contributed by atoms with Gasteiger partial charge in [0, 0.05) is 17.3 Å². The molecule has 0 aliphatic rings. The van der Waals surface area contributed by atoms with Crippen molar-refractivity contribution in [1.29, 1.82) is 0 Å². The first-order valence-corrected chi connectivity index (χ1v) is 9.45. The maximum Gasteiger partial charge on any atom is 0.255 e. The van der Waals surface area contributed by atoms with Crippen LogP contribution >= 0.6 is 15.9 Å². The molecule has 0 spiro atoms. The number of nitrogens with one attached hydrogen (secondary N) is 1. The van der Waals surface area contributed by atoms with Crippen LogP contribution in [0.3, 0.4) is 0 Å². The monoisotopic (exact) mass is 425 g/mol. The van der Waals surface area contributed by atoms with Gasteiger partial charge in [0.25, 0.3) is 5.91 Å². The summed E-state index contributed by atoms with van der Waals surface area (Å²) in [4.78, 5) is 12.5. The molecule has 138 valence electrons. The van der Waals surface area contributed by atoms with Gasteiger partial charge in [-0.3, -0.25) is 4.79 Å². The lowest BCUT2D eigenvalue weighted by molar-refractivity contribution is 0.102. The van der Waals surface area contributed by atoms with Crippen LogP contribution in [0.1, 0.15) is 22.8 Å². The molecule has 4 nitrogen and oxygen atoms in total. The van der Waals surface area contributed by atoms with Crippen molar-refractivity contribution in [3.05, 3.63) is 88.4 Å². The van der Waals surface area contributed by atoms with E-state index in [9.17, 15) is 4.79 Å². The Bertz CT molecular complexity index is 912. The molecule has 5 heteroatoms. The summed E-state index contributed by atoms with van der Waals surface area (Å²) < 4.78 is 12.0. The van der Waals surface area contributed by atoms with Crippen molar-refractivity contribution in [2.75, 3.05) is 11.9 Å². The Labute approximate surface area is 167 Å². The minimum absolute atomic E-state index is 0.195. The third kappa shape index (κ3) is 5.34. The van der Waals surface area contributed by atoms with Crippen molar-refractivity contribution in [2.24, 2.45) is 0 Å². The van der Waals surface area contributed by atoms with E-state index < -0.39 is 0 Å². The van der Waals surface area contributed by atoms with E-state index in [2.05, 4.69) is 21.2 Å². The average Bonchev–Trinajstić information content (AvgIpc) is 2.69. The van der Waals surface area contributed by atoms with E-state index in [0.29, 0.717) is 36.0 Å². The van der Waals surface area contributed by atoms with Crippen molar-refractivity contribution < 1.29 is 14.3 Å². The number of carbonyl (C=O) groups excluding carboxylic acids is 1. The lowest BCUT2D eigenvalue weighted by Gasteiger charge is -2.11. The fourth-order valence-corrected chi connectivity index (χ4v) is 3.02. The Balaban J connectivity index is 1.65. The summed E-state index contributed by atoms with van der Waals surface area (Å²) in [5, 5.41) is 2.89. The first-order chi connectivity index (χ1) is 13.2. The number of carbonyl (C=O) groups is 1. The molecule has 0 aliphatic heterocycles. The zero-order valence-electron chi connectivity index (χ0n) is 14.9. The normalized spacial score (nSPS) is 10.3. The third-order valence-corrected chi connectivity index (χ3v) is 4.45. The van der Waals surface area contributed by atoms with Crippen LogP contribution in [0.5, 0.6) is 11.5 Å². The van der Waals surface area contributed by atoms with Crippen LogP contribution in [-0.2, 0) is 6.61 Å². The minimum Gasteiger partial charge on any atom is -0.493 e. The van der Waals surface area contributed by atoms with E-state index in [1.54, 1.807) is 18.2 Å². The number of benzene rings is 3. The van der Waals surface area contributed by atoms with Gasteiger partial charge in [0.15, 0.2) is 0 Å². The fraction of sp³-hybridized carbons (Fsp3) is 0.136. The van der Waals surface area contributed by atoms with Gasteiger partial charge < -0.3 is 14.8 Å². The van der Waals surface area contributed by atoms with Gasteiger partial charge in [-0.1, -0.05) is 36.4 Å². The van der Waals surface area contributed by atoms with E-state index in [-0.39, 0.29) is 5.91 Å². The topological polar surface area (TPSA) is 47.6 Å². The Morgan fingerprint density at radius 2 is 1.78 bits per heavy atom. The maximum atomic E-state index is 12.5. The predicted molar refractivity (Wildman–Crippen MR) is 110 cm³/mol. The van der Waals surface area contributed by atoms with Crippen molar-refractivity contribution >= 4 is 27.5 Å². The molecule has 0 fully saturated rings. The second-order valence-electron chi connectivity index (χ2n) is 5.83. The highest BCUT2D eigenvalue weighted by Crippen LogP contribution is 2.26. The van der Waals surface area contributed by atoms with Gasteiger partial charge in [-0.05, 0) is 58.7 Å². The van der Waals surface area contributed by atoms with Gasteiger partial charge in [-0.25, -0.2) is 0 Å². The van der Waals surface area contributed by atoms with Gasteiger partial charge in [0.1, 0.15) is 18.1 Å². The minimum atomic E-state index is -0.195. The molecule has 27 heavy (non-hydrogen) atoms. The molecule has 3 aromatic rings. The molecule has 0 aromatic heterocycles. The number of rotatable bonds is 7. The van der Waals surface area contributed by atoms with E-state index in [4.69, 9.17) is 9.47 Å². The van der Waals surface area contributed by atoms with E-state index in [1.165, 1.54) is 0 Å². The smallest absolute Gasteiger partial charge is 0.255 e. The largest absolute Gasteiger partial charge is 0.493 e. The Morgan fingerprint density at radius 3 is 2.52 bits per heavy atom. The number of hydrogen-bond donors (Lipinski definition) is 1. The summed E-state index contributed by atoms with van der Waals surface area (Å²) in [6.45, 7) is 2.96. The Hall–Kier alpha value is -2.79. The molecule has 0 aliphatic carbocycles.